The van der Waals surface area contributed by atoms with Gasteiger partial charge in [-0.15, -0.1) is 0 Å². The van der Waals surface area contributed by atoms with Crippen LogP contribution in [0.5, 0.6) is 0 Å². The van der Waals surface area contributed by atoms with E-state index in [-0.39, 0.29) is 28.6 Å². The van der Waals surface area contributed by atoms with E-state index in [1.807, 2.05) is 4.90 Å². The maximum absolute atomic E-state index is 12.8. The highest BCUT2D eigenvalue weighted by molar-refractivity contribution is 5.84. The summed E-state index contributed by atoms with van der Waals surface area (Å²) in [7, 11) is 0. The summed E-state index contributed by atoms with van der Waals surface area (Å²) in [6.07, 6.45) is 1.79. The molecule has 1 saturated heterocycles. The molecule has 4 heteroatoms. The van der Waals surface area contributed by atoms with Crippen molar-refractivity contribution in [1.29, 1.82) is 0 Å². The Morgan fingerprint density at radius 2 is 1.67 bits per heavy atom. The molecule has 1 atom stereocenters. The number of rotatable bonds is 3. The van der Waals surface area contributed by atoms with E-state index in [9.17, 15) is 14.7 Å². The summed E-state index contributed by atoms with van der Waals surface area (Å²) in [6.45, 7) is 13.5. The van der Waals surface area contributed by atoms with Crippen molar-refractivity contribution < 1.29 is 14.7 Å². The van der Waals surface area contributed by atoms with Gasteiger partial charge in [-0.1, -0.05) is 27.7 Å². The highest BCUT2D eigenvalue weighted by Crippen LogP contribution is 2.68. The molecular formula is C17H29NO3. The van der Waals surface area contributed by atoms with Crippen LogP contribution in [0.4, 0.5) is 0 Å². The van der Waals surface area contributed by atoms with Crippen LogP contribution in [0, 0.1) is 28.1 Å². The van der Waals surface area contributed by atoms with Gasteiger partial charge in [-0.05, 0) is 43.4 Å². The van der Waals surface area contributed by atoms with Gasteiger partial charge in [0, 0.05) is 19.0 Å². The molecule has 120 valence electrons. The average molecular weight is 295 g/mol. The lowest BCUT2D eigenvalue weighted by atomic mass is 9.74. The topological polar surface area (TPSA) is 57.6 Å². The van der Waals surface area contributed by atoms with E-state index in [2.05, 4.69) is 27.7 Å². The number of piperidine rings is 1. The zero-order chi connectivity index (χ0) is 16.2. The molecule has 1 unspecified atom stereocenters. The molecule has 1 N–H and O–H groups in total. The van der Waals surface area contributed by atoms with Crippen LogP contribution in [-0.4, -0.2) is 35.0 Å². The first-order chi connectivity index (χ1) is 9.44. The minimum absolute atomic E-state index is 0.0395. The second-order valence-corrected chi connectivity index (χ2v) is 8.53. The first-order valence-corrected chi connectivity index (χ1v) is 7.96. The van der Waals surface area contributed by atoms with Crippen molar-refractivity contribution in [3.05, 3.63) is 0 Å². The van der Waals surface area contributed by atoms with Gasteiger partial charge in [-0.2, -0.15) is 0 Å². The third kappa shape index (κ3) is 2.36. The minimum Gasteiger partial charge on any atom is -0.481 e. The molecule has 0 bridgehead atoms. The number of carbonyl (C=O) groups excluding carboxylic acids is 1. The quantitative estimate of drug-likeness (QED) is 0.870. The number of carboxylic acid groups (broad SMARTS) is 1. The van der Waals surface area contributed by atoms with Crippen molar-refractivity contribution >= 4 is 11.9 Å². The molecule has 0 aromatic rings. The van der Waals surface area contributed by atoms with E-state index < -0.39 is 11.4 Å². The number of hydrogen-bond acceptors (Lipinski definition) is 2. The Balaban J connectivity index is 2.09. The molecule has 0 radical (unpaired) electrons. The van der Waals surface area contributed by atoms with Crippen LogP contribution >= 0.6 is 0 Å². The fourth-order valence-electron chi connectivity index (χ4n) is 3.94. The lowest BCUT2D eigenvalue weighted by Gasteiger charge is -2.39. The number of hydrogen-bond donors (Lipinski definition) is 1. The summed E-state index contributed by atoms with van der Waals surface area (Å²) in [5, 5.41) is 9.40. The lowest BCUT2D eigenvalue weighted by molar-refractivity contribution is -0.153. The van der Waals surface area contributed by atoms with Crippen LogP contribution in [0.2, 0.25) is 0 Å². The maximum atomic E-state index is 12.8. The molecule has 1 saturated carbocycles. The van der Waals surface area contributed by atoms with Crippen LogP contribution in [0.25, 0.3) is 0 Å². The van der Waals surface area contributed by atoms with E-state index in [0.717, 1.165) is 19.4 Å². The summed E-state index contributed by atoms with van der Waals surface area (Å²) < 4.78 is 0. The van der Waals surface area contributed by atoms with Gasteiger partial charge < -0.3 is 10.0 Å². The minimum atomic E-state index is -0.770. The zero-order valence-corrected chi connectivity index (χ0v) is 14.2. The van der Waals surface area contributed by atoms with Crippen molar-refractivity contribution in [2.75, 3.05) is 13.1 Å². The zero-order valence-electron chi connectivity index (χ0n) is 14.2. The number of nitrogens with zero attached hydrogens (tertiary/aromatic N) is 1. The molecule has 1 heterocycles. The molecule has 2 fully saturated rings. The van der Waals surface area contributed by atoms with Crippen molar-refractivity contribution in [3.63, 3.8) is 0 Å². The second-order valence-electron chi connectivity index (χ2n) is 8.53. The van der Waals surface area contributed by atoms with Gasteiger partial charge in [0.05, 0.1) is 5.41 Å². The average Bonchev–Trinajstić information content (AvgIpc) is 2.79. The highest BCUT2D eigenvalue weighted by atomic mass is 16.4. The van der Waals surface area contributed by atoms with Crippen LogP contribution in [0.3, 0.4) is 0 Å². The van der Waals surface area contributed by atoms with E-state index in [0.29, 0.717) is 6.54 Å². The molecule has 2 aliphatic rings. The van der Waals surface area contributed by atoms with Gasteiger partial charge >= 0.3 is 5.97 Å². The lowest BCUT2D eigenvalue weighted by Crippen LogP contribution is -2.47. The molecule has 21 heavy (non-hydrogen) atoms. The summed E-state index contributed by atoms with van der Waals surface area (Å²) in [6, 6.07) is 0. The molecule has 1 aliphatic carbocycles. The largest absolute Gasteiger partial charge is 0.481 e. The van der Waals surface area contributed by atoms with Gasteiger partial charge in [0.2, 0.25) is 5.91 Å². The summed E-state index contributed by atoms with van der Waals surface area (Å²) >= 11 is 0. The summed E-state index contributed by atoms with van der Waals surface area (Å²) in [5.74, 6) is -0.445. The Bertz CT molecular complexity index is 451. The first kappa shape index (κ1) is 16.3. The normalized spacial score (nSPS) is 28.3. The number of carboxylic acids is 1. The Hall–Kier alpha value is -1.06. The molecule has 2 rings (SSSR count). The van der Waals surface area contributed by atoms with Crippen molar-refractivity contribution in [3.8, 4) is 0 Å². The van der Waals surface area contributed by atoms with Gasteiger partial charge in [0.1, 0.15) is 0 Å². The molecule has 0 aromatic heterocycles. The first-order valence-electron chi connectivity index (χ1n) is 7.96. The third-order valence-electron chi connectivity index (χ3n) is 6.57. The molecule has 0 aromatic carbocycles. The summed E-state index contributed by atoms with van der Waals surface area (Å²) in [4.78, 5) is 26.2. The standard InChI is InChI=1S/C17H29NO3/c1-15(2,14(20)21)11-8-7-9-18(10-11)13(19)12-16(3,4)17(12,5)6/h11-12H,7-10H2,1-6H3,(H,20,21). The number of carbonyl (C=O) groups is 2. The van der Waals surface area contributed by atoms with Crippen LogP contribution in [0.1, 0.15) is 54.4 Å². The van der Waals surface area contributed by atoms with E-state index in [1.165, 1.54) is 0 Å². The third-order valence-corrected chi connectivity index (χ3v) is 6.57. The Kier molecular flexibility index (Phi) is 3.67. The van der Waals surface area contributed by atoms with Gasteiger partial charge in [-0.3, -0.25) is 9.59 Å². The summed E-state index contributed by atoms with van der Waals surface area (Å²) in [5.41, 5.74) is -0.688. The Morgan fingerprint density at radius 3 is 2.10 bits per heavy atom. The Morgan fingerprint density at radius 1 is 1.14 bits per heavy atom. The molecule has 0 spiro atoms. The highest BCUT2D eigenvalue weighted by Gasteiger charge is 2.69. The van der Waals surface area contributed by atoms with Gasteiger partial charge in [-0.25, -0.2) is 0 Å². The SMILES string of the molecule is CC(C)(C(=O)O)C1CCCN(C(=O)C2C(C)(C)C2(C)C)C1. The van der Waals surface area contributed by atoms with Crippen LogP contribution in [0.15, 0.2) is 0 Å². The predicted molar refractivity (Wildman–Crippen MR) is 81.8 cm³/mol. The predicted octanol–water partition coefficient (Wildman–Crippen LogP) is 3.02. The van der Waals surface area contributed by atoms with E-state index in [1.54, 1.807) is 13.8 Å². The molecule has 1 amide bonds. The van der Waals surface area contributed by atoms with Crippen LogP contribution in [-0.2, 0) is 9.59 Å². The van der Waals surface area contributed by atoms with Crippen LogP contribution < -0.4 is 0 Å². The number of amides is 1. The molecule has 1 aliphatic heterocycles. The second kappa shape index (κ2) is 4.72. The number of likely N-dealkylation sites (tertiary alicyclic amines) is 1. The monoisotopic (exact) mass is 295 g/mol. The van der Waals surface area contributed by atoms with Gasteiger partial charge in [0.15, 0.2) is 0 Å². The fourth-order valence-corrected chi connectivity index (χ4v) is 3.94. The van der Waals surface area contributed by atoms with Crippen molar-refractivity contribution in [2.45, 2.75) is 54.4 Å². The smallest absolute Gasteiger partial charge is 0.309 e. The Labute approximate surface area is 127 Å². The fraction of sp³-hybridized carbons (Fsp3) is 0.882. The van der Waals surface area contributed by atoms with Crippen molar-refractivity contribution in [2.24, 2.45) is 28.1 Å². The number of aliphatic carboxylic acids is 1. The maximum Gasteiger partial charge on any atom is 0.309 e. The molecular weight excluding hydrogens is 266 g/mol. The van der Waals surface area contributed by atoms with E-state index in [4.69, 9.17) is 0 Å². The van der Waals surface area contributed by atoms with Crippen molar-refractivity contribution in [1.82, 2.24) is 4.90 Å². The van der Waals surface area contributed by atoms with E-state index >= 15 is 0 Å². The van der Waals surface area contributed by atoms with Gasteiger partial charge in [0.25, 0.3) is 0 Å². The molecule has 4 nitrogen and oxygen atoms in total.